The fraction of sp³-hybridized carbons (Fsp3) is 0.143. The van der Waals surface area contributed by atoms with Gasteiger partial charge in [-0.3, -0.25) is 0 Å². The zero-order valence-corrected chi connectivity index (χ0v) is 75.6. The number of hydrogen-bond donors (Lipinski definition) is 0. The molecular formula is C112H96CuN8O16. The van der Waals surface area contributed by atoms with Gasteiger partial charge in [0.1, 0.15) is 106 Å². The van der Waals surface area contributed by atoms with Crippen LogP contribution in [0.15, 0.2) is 341 Å². The van der Waals surface area contributed by atoms with Crippen molar-refractivity contribution in [2.75, 3.05) is 106 Å². The number of hydrogen-bond acceptors (Lipinski definition) is 22. The Kier molecular flexibility index (Phi) is 33.9. The van der Waals surface area contributed by atoms with E-state index in [1.54, 1.807) is 50.1 Å². The molecule has 0 N–H and O–H groups in total. The Hall–Kier alpha value is -16.8. The summed E-state index contributed by atoms with van der Waals surface area (Å²) in [7, 11) is 0. The fourth-order valence-corrected chi connectivity index (χ4v) is 14.3. The maximum atomic E-state index is 6.73. The molecule has 8 bridgehead atoms. The molecule has 0 saturated heterocycles. The molecule has 0 unspecified atom stereocenters. The van der Waals surface area contributed by atoms with E-state index >= 15 is 0 Å². The molecule has 0 saturated carbocycles. The molecule has 25 heteroatoms. The van der Waals surface area contributed by atoms with Gasteiger partial charge in [0.15, 0.2) is 46.0 Å². The Morgan fingerprint density at radius 2 is 0.321 bits per heavy atom. The van der Waals surface area contributed by atoms with Crippen LogP contribution in [0.25, 0.3) is 138 Å². The zero-order valence-electron chi connectivity index (χ0n) is 74.7. The molecule has 2 aliphatic heterocycles. The number of ether oxygens (including phenoxy) is 16. The number of aromatic nitrogens is 8. The molecule has 0 atom stereocenters. The molecule has 691 valence electrons. The number of benzene rings is 12. The smallest absolute Gasteiger partial charge is 0.498 e. The number of rotatable bonds is 48. The van der Waals surface area contributed by atoms with Gasteiger partial charge in [0, 0.05) is 44.8 Å². The van der Waals surface area contributed by atoms with Gasteiger partial charge in [0.25, 0.3) is 0 Å². The molecule has 24 nitrogen and oxygen atoms in total. The van der Waals surface area contributed by atoms with Gasteiger partial charge in [-0.25, -0.2) is 9.97 Å². The predicted octanol–water partition coefficient (Wildman–Crippen LogP) is 22.7. The topological polar surface area (TPSA) is 253 Å². The second-order valence-corrected chi connectivity index (χ2v) is 30.3. The van der Waals surface area contributed by atoms with E-state index in [0.29, 0.717) is 89.8 Å². The van der Waals surface area contributed by atoms with E-state index in [-0.39, 0.29) is 169 Å². The Morgan fingerprint density at radius 1 is 0.175 bits per heavy atom. The molecule has 5 heterocycles. The molecule has 0 fully saturated rings. The van der Waals surface area contributed by atoms with Gasteiger partial charge in [0.2, 0.25) is 0 Å². The van der Waals surface area contributed by atoms with Gasteiger partial charge >= 0.3 is 17.1 Å². The van der Waals surface area contributed by atoms with Crippen molar-refractivity contribution in [2.45, 2.75) is 0 Å². The third-order valence-corrected chi connectivity index (χ3v) is 20.9. The first kappa shape index (κ1) is 93.5. The summed E-state index contributed by atoms with van der Waals surface area (Å²) in [6.45, 7) is 2.01. The van der Waals surface area contributed by atoms with Crippen LogP contribution >= 0.6 is 0 Å². The van der Waals surface area contributed by atoms with Gasteiger partial charge < -0.3 is 106 Å². The minimum Gasteiger partial charge on any atom is -0.498 e. The molecular weight excluding hydrogens is 1780 g/mol. The molecule has 1 radical (unpaired) electrons. The molecule has 3 aromatic heterocycles. The van der Waals surface area contributed by atoms with Crippen LogP contribution in [-0.4, -0.2) is 136 Å². The molecule has 2 aliphatic rings. The molecule has 0 spiro atoms. The summed E-state index contributed by atoms with van der Waals surface area (Å²) in [6, 6.07) is 93.6. The van der Waals surface area contributed by atoms with Crippen LogP contribution in [0, 0.1) is 0 Å². The van der Waals surface area contributed by atoms with Crippen LogP contribution in [0.3, 0.4) is 0 Å². The van der Waals surface area contributed by atoms with E-state index in [0.717, 1.165) is 44.5 Å². The molecule has 15 aromatic rings. The summed E-state index contributed by atoms with van der Waals surface area (Å²) in [6.07, 6.45) is 28.2. The maximum Gasteiger partial charge on any atom is 2.00 e. The largest absolute Gasteiger partial charge is 2.00 e. The van der Waals surface area contributed by atoms with E-state index < -0.39 is 0 Å². The normalized spacial score (nSPS) is 11.7. The van der Waals surface area contributed by atoms with Gasteiger partial charge in [-0.15, -0.1) is 0 Å². The zero-order chi connectivity index (χ0) is 92.0. The second kappa shape index (κ2) is 49.6. The van der Waals surface area contributed by atoms with Crippen molar-refractivity contribution >= 4 is 92.7 Å². The average molecular weight is 1870 g/mol. The quantitative estimate of drug-likeness (QED) is 0.0195. The third-order valence-electron chi connectivity index (χ3n) is 20.9. The van der Waals surface area contributed by atoms with Crippen LogP contribution in [-0.2, 0) is 55.0 Å². The predicted molar refractivity (Wildman–Crippen MR) is 529 cm³/mol. The van der Waals surface area contributed by atoms with Crippen LogP contribution < -0.4 is 47.9 Å². The van der Waals surface area contributed by atoms with Gasteiger partial charge in [0.05, 0.1) is 73.4 Å². The van der Waals surface area contributed by atoms with E-state index in [1.165, 1.54) is 0 Å². The number of fused-ring (bicyclic) bond motifs is 20. The SMILES string of the molecule is C(=C\c1ccccc1)/OCCOc1cc2c(cc1OCCO/C=C/c1ccccc1)-c1nc-2nc2[n-]c(nc3nc(nc4[n-]c(n1)c1cc(OCCO/C=C/c5ccccc5)c(OCCO/C=C/c5ccccc5)cc41)-c1cc(OCCO/C=C/c4ccccc4)c(OCCO/C=C/c4ccccc4)cc1-3)c1cc(OCCO/C=C/c3ccccc3)c(OCCO/C=C/c3ccccc3)cc21.[Cu+2]. The van der Waals surface area contributed by atoms with Crippen molar-refractivity contribution in [3.05, 3.63) is 386 Å². The fourth-order valence-electron chi connectivity index (χ4n) is 14.3. The van der Waals surface area contributed by atoms with Crippen LogP contribution in [0.1, 0.15) is 44.5 Å². The Morgan fingerprint density at radius 3 is 0.474 bits per heavy atom. The van der Waals surface area contributed by atoms with Crippen LogP contribution in [0.4, 0.5) is 0 Å². The molecule has 12 aromatic carbocycles. The van der Waals surface area contributed by atoms with Crippen molar-refractivity contribution in [3.8, 4) is 91.5 Å². The Bertz CT molecular complexity index is 6060. The maximum absolute atomic E-state index is 6.73. The monoisotopic (exact) mass is 1870 g/mol. The summed E-state index contributed by atoms with van der Waals surface area (Å²) in [5.74, 6) is 3.38. The minimum atomic E-state index is 0. The van der Waals surface area contributed by atoms with Crippen molar-refractivity contribution in [1.82, 2.24) is 39.9 Å². The first-order valence-electron chi connectivity index (χ1n) is 44.6. The summed E-state index contributed by atoms with van der Waals surface area (Å²) in [5.41, 5.74) is 10.4. The summed E-state index contributed by atoms with van der Waals surface area (Å²) in [4.78, 5) is 43.6. The van der Waals surface area contributed by atoms with Crippen molar-refractivity contribution in [2.24, 2.45) is 0 Å². The van der Waals surface area contributed by atoms with Gasteiger partial charge in [-0.2, -0.15) is 0 Å². The van der Waals surface area contributed by atoms with E-state index in [9.17, 15) is 0 Å². The van der Waals surface area contributed by atoms with Crippen molar-refractivity contribution in [1.29, 1.82) is 0 Å². The van der Waals surface area contributed by atoms with Gasteiger partial charge in [-0.05, 0) is 163 Å². The summed E-state index contributed by atoms with van der Waals surface area (Å²) < 4.78 is 102. The molecule has 0 aliphatic carbocycles. The molecule has 17 rings (SSSR count). The third kappa shape index (κ3) is 26.8. The summed E-state index contributed by atoms with van der Waals surface area (Å²) >= 11 is 0. The van der Waals surface area contributed by atoms with Crippen molar-refractivity contribution in [3.63, 3.8) is 0 Å². The standard InChI is InChI=1S/C112H96N8O16.Cu/c1-9-25-81(26-10-1)41-49-121-57-65-129-97-73-89-90(74-98(97)130-66-58-122-50-42-82-27-11-2-12-28-82)106-113-105(89)117-107-91-75-99(131-67-59-123-51-43-83-29-13-3-14-30-83)100(132-68-60-124-52-44-84-31-15-4-16-32-84)76-92(91)109(114-107)119-111-95-79-103(135-71-63-127-55-47-87-37-21-7-22-38-87)104(136-72-64-128-56-48-88-39-23-8-24-40-88)80-96(95)112(116-111)120-110-94-78-102(134-70-62-126-54-46-86-35-19-6-20-36-86)101(77-93(94)108(115-110)118-106)133-69-61-125-53-45-85-33-17-5-18-34-85;/h1-56,73-80H,57-72H2;/q-2;+2/b49-41+,50-42+,51-43+,52-44+,53-45+,54-46+,55-47+,56-48+;. The van der Waals surface area contributed by atoms with Crippen LogP contribution in [0.2, 0.25) is 0 Å². The molecule has 137 heavy (non-hydrogen) atoms. The molecule has 0 amide bonds. The Labute approximate surface area is 803 Å². The Balaban J connectivity index is 0.0000136. The van der Waals surface area contributed by atoms with Crippen molar-refractivity contribution < 1.29 is 92.9 Å². The summed E-state index contributed by atoms with van der Waals surface area (Å²) in [5, 5.41) is 1.94. The first-order valence-corrected chi connectivity index (χ1v) is 44.6. The number of nitrogens with zero attached hydrogens (tertiary/aromatic N) is 8. The second-order valence-electron chi connectivity index (χ2n) is 30.3. The minimum absolute atomic E-state index is 0. The van der Waals surface area contributed by atoms with Gasteiger partial charge in [-0.1, -0.05) is 243 Å². The first-order chi connectivity index (χ1) is 67.5. The van der Waals surface area contributed by atoms with E-state index in [2.05, 4.69) is 0 Å². The average Bonchev–Trinajstić information content (AvgIpc) is 1.59. The van der Waals surface area contributed by atoms with E-state index in [4.69, 9.17) is 116 Å². The van der Waals surface area contributed by atoms with Crippen LogP contribution in [0.5, 0.6) is 46.0 Å². The van der Waals surface area contributed by atoms with E-state index in [1.807, 2.05) is 340 Å².